The fourth-order valence-corrected chi connectivity index (χ4v) is 2.73. The summed E-state index contributed by atoms with van der Waals surface area (Å²) in [6, 6.07) is 7.42. The Kier molecular flexibility index (Phi) is 3.54. The van der Waals surface area contributed by atoms with Crippen molar-refractivity contribution in [1.29, 1.82) is 0 Å². The molecule has 0 aliphatic carbocycles. The summed E-state index contributed by atoms with van der Waals surface area (Å²) in [5.41, 5.74) is 7.61. The summed E-state index contributed by atoms with van der Waals surface area (Å²) < 4.78 is 1.56. The lowest BCUT2D eigenvalue weighted by Gasteiger charge is -2.34. The Labute approximate surface area is 118 Å². The zero-order valence-corrected chi connectivity index (χ0v) is 11.7. The van der Waals surface area contributed by atoms with E-state index in [9.17, 15) is 4.79 Å². The molecule has 5 nitrogen and oxygen atoms in total. The molecule has 2 aromatic heterocycles. The molecule has 3 rings (SSSR count). The van der Waals surface area contributed by atoms with Crippen LogP contribution in [0.3, 0.4) is 0 Å². The minimum absolute atomic E-state index is 0.0275. The van der Waals surface area contributed by atoms with Crippen molar-refractivity contribution in [2.24, 2.45) is 11.7 Å². The maximum atomic E-state index is 12.0. The molecule has 2 unspecified atom stereocenters. The molecule has 1 aliphatic heterocycles. The van der Waals surface area contributed by atoms with Crippen molar-refractivity contribution >= 4 is 5.65 Å². The lowest BCUT2D eigenvalue weighted by atomic mass is 9.94. The first-order valence-corrected chi connectivity index (χ1v) is 7.09. The van der Waals surface area contributed by atoms with Crippen LogP contribution < -0.4 is 11.3 Å². The first kappa shape index (κ1) is 13.3. The molecule has 106 valence electrons. The number of fused-ring (bicyclic) bond motifs is 1. The average molecular weight is 272 g/mol. The minimum Gasteiger partial charge on any atom is -0.326 e. The summed E-state index contributed by atoms with van der Waals surface area (Å²) in [5.74, 6) is 0.571. The molecule has 0 radical (unpaired) electrons. The fraction of sp³-hybridized carbons (Fsp3) is 0.467. The molecule has 0 saturated carbocycles. The third-order valence-electron chi connectivity index (χ3n) is 4.11. The molecule has 2 aromatic rings. The van der Waals surface area contributed by atoms with Crippen molar-refractivity contribution in [3.8, 4) is 0 Å². The fourth-order valence-electron chi connectivity index (χ4n) is 2.73. The standard InChI is InChI=1S/C15H20N4O/c1-11-5-7-18(10-13(11)16)9-12-8-15(20)19-6-3-2-4-14(19)17-12/h2-4,6,8,11,13H,5,7,9-10,16H2,1H3. The SMILES string of the molecule is CC1CCN(Cc2cc(=O)n3ccccc3n2)CC1N. The Morgan fingerprint density at radius 3 is 3.10 bits per heavy atom. The number of aromatic nitrogens is 2. The van der Waals surface area contributed by atoms with Gasteiger partial charge in [-0.1, -0.05) is 13.0 Å². The van der Waals surface area contributed by atoms with E-state index in [2.05, 4.69) is 16.8 Å². The summed E-state index contributed by atoms with van der Waals surface area (Å²) in [6.07, 6.45) is 2.85. The van der Waals surface area contributed by atoms with E-state index in [-0.39, 0.29) is 11.6 Å². The number of hydrogen-bond acceptors (Lipinski definition) is 4. The topological polar surface area (TPSA) is 63.6 Å². The van der Waals surface area contributed by atoms with Crippen LogP contribution >= 0.6 is 0 Å². The normalized spacial score (nSPS) is 24.1. The van der Waals surface area contributed by atoms with Crippen molar-refractivity contribution in [3.63, 3.8) is 0 Å². The quantitative estimate of drug-likeness (QED) is 0.881. The van der Waals surface area contributed by atoms with Gasteiger partial charge in [-0.2, -0.15) is 0 Å². The second kappa shape index (κ2) is 5.34. The smallest absolute Gasteiger partial charge is 0.258 e. The van der Waals surface area contributed by atoms with Gasteiger partial charge in [0.25, 0.3) is 5.56 Å². The van der Waals surface area contributed by atoms with Gasteiger partial charge in [-0.15, -0.1) is 0 Å². The minimum atomic E-state index is -0.0275. The Balaban J connectivity index is 1.83. The third kappa shape index (κ3) is 2.59. The second-order valence-electron chi connectivity index (χ2n) is 5.68. The first-order chi connectivity index (χ1) is 9.63. The van der Waals surface area contributed by atoms with Crippen LogP contribution in [0.1, 0.15) is 19.0 Å². The van der Waals surface area contributed by atoms with Crippen LogP contribution in [0.5, 0.6) is 0 Å². The molecule has 1 aliphatic rings. The number of nitrogens with two attached hydrogens (primary N) is 1. The maximum absolute atomic E-state index is 12.0. The van der Waals surface area contributed by atoms with Crippen molar-refractivity contribution in [1.82, 2.24) is 14.3 Å². The highest BCUT2D eigenvalue weighted by atomic mass is 16.1. The van der Waals surface area contributed by atoms with Crippen molar-refractivity contribution in [3.05, 3.63) is 46.5 Å². The maximum Gasteiger partial charge on any atom is 0.258 e. The Morgan fingerprint density at radius 2 is 2.30 bits per heavy atom. The van der Waals surface area contributed by atoms with Crippen LogP contribution in [-0.2, 0) is 6.54 Å². The average Bonchev–Trinajstić information content (AvgIpc) is 2.43. The monoisotopic (exact) mass is 272 g/mol. The molecule has 1 saturated heterocycles. The lowest BCUT2D eigenvalue weighted by Crippen LogP contribution is -2.47. The summed E-state index contributed by atoms with van der Waals surface area (Å²) >= 11 is 0. The van der Waals surface area contributed by atoms with E-state index in [1.54, 1.807) is 16.7 Å². The van der Waals surface area contributed by atoms with Gasteiger partial charge in [0.05, 0.1) is 5.69 Å². The van der Waals surface area contributed by atoms with E-state index >= 15 is 0 Å². The van der Waals surface area contributed by atoms with Crippen LogP contribution in [0, 0.1) is 5.92 Å². The highest BCUT2D eigenvalue weighted by Crippen LogP contribution is 2.16. The number of nitrogens with zero attached hydrogens (tertiary/aromatic N) is 3. The Hall–Kier alpha value is -1.72. The Morgan fingerprint density at radius 1 is 1.45 bits per heavy atom. The molecular weight excluding hydrogens is 252 g/mol. The number of pyridine rings is 1. The molecule has 2 atom stereocenters. The molecule has 0 aromatic carbocycles. The van der Waals surface area contributed by atoms with Crippen LogP contribution in [0.25, 0.3) is 5.65 Å². The van der Waals surface area contributed by atoms with E-state index < -0.39 is 0 Å². The van der Waals surface area contributed by atoms with Crippen LogP contribution in [0.15, 0.2) is 35.3 Å². The van der Waals surface area contributed by atoms with Crippen LogP contribution in [0.4, 0.5) is 0 Å². The van der Waals surface area contributed by atoms with E-state index in [0.29, 0.717) is 18.1 Å². The number of likely N-dealkylation sites (tertiary alicyclic amines) is 1. The van der Waals surface area contributed by atoms with E-state index in [4.69, 9.17) is 5.73 Å². The predicted molar refractivity (Wildman–Crippen MR) is 78.5 cm³/mol. The molecular formula is C15H20N4O. The van der Waals surface area contributed by atoms with Crippen LogP contribution in [0.2, 0.25) is 0 Å². The zero-order chi connectivity index (χ0) is 14.1. The molecule has 5 heteroatoms. The van der Waals surface area contributed by atoms with Gasteiger partial charge in [0.1, 0.15) is 5.65 Å². The number of rotatable bonds is 2. The summed E-state index contributed by atoms with van der Waals surface area (Å²) in [4.78, 5) is 18.9. The van der Waals surface area contributed by atoms with Gasteiger partial charge in [-0.3, -0.25) is 14.1 Å². The van der Waals surface area contributed by atoms with Gasteiger partial charge in [-0.25, -0.2) is 4.98 Å². The number of piperidine rings is 1. The zero-order valence-electron chi connectivity index (χ0n) is 11.7. The molecule has 1 fully saturated rings. The molecule has 3 heterocycles. The van der Waals surface area contributed by atoms with Gasteiger partial charge in [0.15, 0.2) is 0 Å². The largest absolute Gasteiger partial charge is 0.326 e. The molecule has 0 amide bonds. The summed E-state index contributed by atoms with van der Waals surface area (Å²) in [5, 5.41) is 0. The molecule has 20 heavy (non-hydrogen) atoms. The van der Waals surface area contributed by atoms with E-state index in [1.165, 1.54) is 0 Å². The molecule has 0 bridgehead atoms. The third-order valence-corrected chi connectivity index (χ3v) is 4.11. The van der Waals surface area contributed by atoms with Gasteiger partial charge < -0.3 is 5.73 Å². The van der Waals surface area contributed by atoms with Crippen LogP contribution in [-0.4, -0.2) is 33.4 Å². The first-order valence-electron chi connectivity index (χ1n) is 7.09. The highest BCUT2D eigenvalue weighted by molar-refractivity contribution is 5.37. The van der Waals surface area contributed by atoms with Gasteiger partial charge >= 0.3 is 0 Å². The van der Waals surface area contributed by atoms with Crippen molar-refractivity contribution < 1.29 is 0 Å². The summed E-state index contributed by atoms with van der Waals surface area (Å²) in [6.45, 7) is 4.78. The molecule has 2 N–H and O–H groups in total. The van der Waals surface area contributed by atoms with Gasteiger partial charge in [0, 0.05) is 31.4 Å². The summed E-state index contributed by atoms with van der Waals surface area (Å²) in [7, 11) is 0. The Bertz CT molecular complexity index is 666. The predicted octanol–water partition coefficient (Wildman–Crippen LogP) is 0.864. The second-order valence-corrected chi connectivity index (χ2v) is 5.68. The lowest BCUT2D eigenvalue weighted by molar-refractivity contribution is 0.160. The number of hydrogen-bond donors (Lipinski definition) is 1. The van der Waals surface area contributed by atoms with E-state index in [1.807, 2.05) is 18.2 Å². The van der Waals surface area contributed by atoms with Crippen molar-refractivity contribution in [2.45, 2.75) is 25.9 Å². The van der Waals surface area contributed by atoms with Crippen molar-refractivity contribution in [2.75, 3.05) is 13.1 Å². The van der Waals surface area contributed by atoms with Gasteiger partial charge in [0.2, 0.25) is 0 Å². The van der Waals surface area contributed by atoms with E-state index in [0.717, 1.165) is 25.2 Å². The highest BCUT2D eigenvalue weighted by Gasteiger charge is 2.23. The molecule has 0 spiro atoms. The van der Waals surface area contributed by atoms with Gasteiger partial charge in [-0.05, 0) is 31.0 Å².